The third-order valence-corrected chi connectivity index (χ3v) is 1.04. The third kappa shape index (κ3) is 3.20. The molecule has 0 atom stereocenters. The Morgan fingerprint density at radius 3 is 2.36 bits per heavy atom. The molecule has 2 aromatic heterocycles. The average Bonchev–Trinajstić information content (AvgIpc) is 2.57. The van der Waals surface area contributed by atoms with E-state index >= 15 is 0 Å². The fourth-order valence-corrected chi connectivity index (χ4v) is 0.559. The van der Waals surface area contributed by atoms with Gasteiger partial charge < -0.3 is 9.97 Å². The van der Waals surface area contributed by atoms with Crippen molar-refractivity contribution in [3.8, 4) is 0 Å². The molecule has 2 heterocycles. The maximum atomic E-state index is 3.86. The van der Waals surface area contributed by atoms with Crippen molar-refractivity contribution in [2.45, 2.75) is 6.92 Å². The number of imidazole rings is 2. The minimum Gasteiger partial charge on any atom is -0.351 e. The molecule has 2 aromatic rings. The molecule has 0 aliphatic heterocycles. The molecule has 11 heavy (non-hydrogen) atoms. The van der Waals surface area contributed by atoms with Gasteiger partial charge in [0.25, 0.3) is 0 Å². The first-order valence-corrected chi connectivity index (χ1v) is 3.28. The maximum absolute atomic E-state index is 3.86. The Labute approximate surface area is 64.7 Å². The first kappa shape index (κ1) is 7.53. The van der Waals surface area contributed by atoms with E-state index in [1.54, 1.807) is 31.1 Å². The zero-order valence-corrected chi connectivity index (χ0v) is 6.28. The quantitative estimate of drug-likeness (QED) is 0.591. The highest BCUT2D eigenvalue weighted by Crippen LogP contribution is 1.78. The molecule has 4 heteroatoms. The van der Waals surface area contributed by atoms with Crippen LogP contribution in [-0.4, -0.2) is 19.9 Å². The molecule has 0 aliphatic rings. The van der Waals surface area contributed by atoms with Crippen LogP contribution in [0, 0.1) is 6.92 Å². The lowest BCUT2D eigenvalue weighted by atomic mass is 10.8. The van der Waals surface area contributed by atoms with Crippen molar-refractivity contribution in [1.82, 2.24) is 19.9 Å². The van der Waals surface area contributed by atoms with Crippen LogP contribution >= 0.6 is 0 Å². The van der Waals surface area contributed by atoms with E-state index in [1.165, 1.54) is 0 Å². The van der Waals surface area contributed by atoms with Crippen molar-refractivity contribution >= 4 is 0 Å². The van der Waals surface area contributed by atoms with E-state index in [0.717, 1.165) is 5.82 Å². The van der Waals surface area contributed by atoms with Crippen LogP contribution in [0.4, 0.5) is 0 Å². The fourth-order valence-electron chi connectivity index (χ4n) is 0.559. The number of aryl methyl sites for hydroxylation is 1. The SMILES string of the molecule is Cc1ncc[nH]1.c1c[nH]cn1. The number of H-pyrrole nitrogens is 2. The summed E-state index contributed by atoms with van der Waals surface area (Å²) in [5.41, 5.74) is 0. The molecular weight excluding hydrogens is 140 g/mol. The minimum absolute atomic E-state index is 0.968. The van der Waals surface area contributed by atoms with Crippen molar-refractivity contribution in [3.05, 3.63) is 36.9 Å². The maximum Gasteiger partial charge on any atom is 0.102 e. The molecule has 4 nitrogen and oxygen atoms in total. The number of rotatable bonds is 0. The molecule has 0 aliphatic carbocycles. The first-order chi connectivity index (χ1) is 5.39. The molecule has 0 spiro atoms. The van der Waals surface area contributed by atoms with Crippen LogP contribution in [-0.2, 0) is 0 Å². The minimum atomic E-state index is 0.968. The van der Waals surface area contributed by atoms with Gasteiger partial charge in [-0.25, -0.2) is 9.97 Å². The molecule has 0 fully saturated rings. The van der Waals surface area contributed by atoms with E-state index < -0.39 is 0 Å². The Balaban J connectivity index is 0.000000112. The van der Waals surface area contributed by atoms with Gasteiger partial charge in [-0.2, -0.15) is 0 Å². The van der Waals surface area contributed by atoms with Gasteiger partial charge in [-0.15, -0.1) is 0 Å². The fraction of sp³-hybridized carbons (Fsp3) is 0.143. The number of hydrogen-bond donors (Lipinski definition) is 2. The van der Waals surface area contributed by atoms with Gasteiger partial charge in [0.15, 0.2) is 0 Å². The monoisotopic (exact) mass is 150 g/mol. The van der Waals surface area contributed by atoms with Crippen molar-refractivity contribution in [2.24, 2.45) is 0 Å². The summed E-state index contributed by atoms with van der Waals surface area (Å²) in [6.07, 6.45) is 8.62. The summed E-state index contributed by atoms with van der Waals surface area (Å²) in [4.78, 5) is 13.2. The molecule has 0 saturated carbocycles. The Morgan fingerprint density at radius 1 is 1.27 bits per heavy atom. The smallest absolute Gasteiger partial charge is 0.102 e. The van der Waals surface area contributed by atoms with Gasteiger partial charge in [0.2, 0.25) is 0 Å². The number of hydrogen-bond acceptors (Lipinski definition) is 2. The normalized spacial score (nSPS) is 8.45. The lowest BCUT2D eigenvalue weighted by molar-refractivity contribution is 1.15. The summed E-state index contributed by atoms with van der Waals surface area (Å²) >= 11 is 0. The van der Waals surface area contributed by atoms with E-state index in [-0.39, 0.29) is 0 Å². The van der Waals surface area contributed by atoms with E-state index in [1.807, 2.05) is 6.92 Å². The Hall–Kier alpha value is -1.58. The Kier molecular flexibility index (Phi) is 2.92. The van der Waals surface area contributed by atoms with Gasteiger partial charge in [0.05, 0.1) is 6.33 Å². The first-order valence-electron chi connectivity index (χ1n) is 3.28. The molecule has 0 amide bonds. The van der Waals surface area contributed by atoms with Crippen LogP contribution in [0.3, 0.4) is 0 Å². The van der Waals surface area contributed by atoms with Crippen LogP contribution in [0.15, 0.2) is 31.1 Å². The predicted molar refractivity (Wildman–Crippen MR) is 41.9 cm³/mol. The molecule has 2 rings (SSSR count). The second-order valence-electron chi connectivity index (χ2n) is 1.94. The Morgan fingerprint density at radius 2 is 2.18 bits per heavy atom. The predicted octanol–water partition coefficient (Wildman–Crippen LogP) is 1.13. The van der Waals surface area contributed by atoms with Crippen LogP contribution in [0.25, 0.3) is 0 Å². The summed E-state index contributed by atoms with van der Waals surface area (Å²) in [6, 6.07) is 0. The number of aromatic amines is 2. The number of nitrogens with zero attached hydrogens (tertiary/aromatic N) is 2. The molecule has 0 unspecified atom stereocenters. The number of aromatic nitrogens is 4. The van der Waals surface area contributed by atoms with Crippen LogP contribution in [0.5, 0.6) is 0 Å². The number of nitrogens with one attached hydrogen (secondary N) is 2. The molecule has 0 radical (unpaired) electrons. The topological polar surface area (TPSA) is 57.4 Å². The second kappa shape index (κ2) is 4.27. The van der Waals surface area contributed by atoms with Crippen molar-refractivity contribution in [1.29, 1.82) is 0 Å². The molecule has 58 valence electrons. The van der Waals surface area contributed by atoms with Crippen molar-refractivity contribution < 1.29 is 0 Å². The van der Waals surface area contributed by atoms with Crippen LogP contribution < -0.4 is 0 Å². The summed E-state index contributed by atoms with van der Waals surface area (Å²) in [6.45, 7) is 1.92. The zero-order chi connectivity index (χ0) is 7.94. The lowest BCUT2D eigenvalue weighted by Gasteiger charge is -1.68. The van der Waals surface area contributed by atoms with Crippen LogP contribution in [0.1, 0.15) is 5.82 Å². The van der Waals surface area contributed by atoms with Gasteiger partial charge in [-0.05, 0) is 6.92 Å². The molecule has 2 N–H and O–H groups in total. The largest absolute Gasteiger partial charge is 0.351 e. The van der Waals surface area contributed by atoms with E-state index in [4.69, 9.17) is 0 Å². The van der Waals surface area contributed by atoms with Crippen LogP contribution in [0.2, 0.25) is 0 Å². The Bertz CT molecular complexity index is 229. The highest BCUT2D eigenvalue weighted by Gasteiger charge is 1.73. The molecular formula is C7H10N4. The van der Waals surface area contributed by atoms with Gasteiger partial charge in [-0.1, -0.05) is 0 Å². The van der Waals surface area contributed by atoms with E-state index in [0.29, 0.717) is 0 Å². The zero-order valence-electron chi connectivity index (χ0n) is 6.28. The van der Waals surface area contributed by atoms with Crippen molar-refractivity contribution in [3.63, 3.8) is 0 Å². The highest BCUT2D eigenvalue weighted by atomic mass is 14.9. The van der Waals surface area contributed by atoms with E-state index in [9.17, 15) is 0 Å². The van der Waals surface area contributed by atoms with Gasteiger partial charge in [0, 0.05) is 24.8 Å². The summed E-state index contributed by atoms with van der Waals surface area (Å²) < 4.78 is 0. The summed E-state index contributed by atoms with van der Waals surface area (Å²) in [7, 11) is 0. The highest BCUT2D eigenvalue weighted by molar-refractivity contribution is 4.80. The summed E-state index contributed by atoms with van der Waals surface area (Å²) in [5.74, 6) is 0.968. The second-order valence-corrected chi connectivity index (χ2v) is 1.94. The third-order valence-electron chi connectivity index (χ3n) is 1.04. The molecule has 0 bridgehead atoms. The van der Waals surface area contributed by atoms with Gasteiger partial charge >= 0.3 is 0 Å². The van der Waals surface area contributed by atoms with Crippen molar-refractivity contribution in [2.75, 3.05) is 0 Å². The van der Waals surface area contributed by atoms with E-state index in [2.05, 4.69) is 19.9 Å². The average molecular weight is 150 g/mol. The lowest BCUT2D eigenvalue weighted by Crippen LogP contribution is -1.66. The standard InChI is InChI=1S/C4H6N2.C3H4N2/c1-4-5-2-3-6-4;1-2-5-3-4-1/h2-3H,1H3,(H,5,6);1-3H,(H,4,5). The van der Waals surface area contributed by atoms with Gasteiger partial charge in [0.1, 0.15) is 5.82 Å². The molecule has 0 aromatic carbocycles. The summed E-state index contributed by atoms with van der Waals surface area (Å²) in [5, 5.41) is 0. The van der Waals surface area contributed by atoms with Gasteiger partial charge in [-0.3, -0.25) is 0 Å². The molecule has 0 saturated heterocycles.